The van der Waals surface area contributed by atoms with Crippen molar-refractivity contribution in [3.8, 4) is 0 Å². The number of rotatable bonds is 8. The van der Waals surface area contributed by atoms with E-state index in [0.29, 0.717) is 17.5 Å². The third-order valence-corrected chi connectivity index (χ3v) is 3.80. The first kappa shape index (κ1) is 17.5. The molecule has 23 heavy (non-hydrogen) atoms. The second kappa shape index (κ2) is 8.70. The largest absolute Gasteiger partial charge is 0.446 e. The molecule has 0 aliphatic rings. The van der Waals surface area contributed by atoms with Crippen LogP contribution in [0.15, 0.2) is 34.9 Å². The van der Waals surface area contributed by atoms with Gasteiger partial charge in [-0.25, -0.2) is 4.98 Å². The van der Waals surface area contributed by atoms with Gasteiger partial charge >= 0.3 is 0 Å². The van der Waals surface area contributed by atoms with Crippen molar-refractivity contribution in [3.63, 3.8) is 0 Å². The van der Waals surface area contributed by atoms with Crippen LogP contribution >= 0.6 is 11.6 Å². The quantitative estimate of drug-likeness (QED) is 0.773. The molecule has 0 saturated carbocycles. The van der Waals surface area contributed by atoms with Crippen LogP contribution in [-0.4, -0.2) is 17.4 Å². The average molecular weight is 336 g/mol. The van der Waals surface area contributed by atoms with Gasteiger partial charge in [0.05, 0.1) is 6.04 Å². The van der Waals surface area contributed by atoms with E-state index in [0.717, 1.165) is 31.2 Å². The Morgan fingerprint density at radius 3 is 2.83 bits per heavy atom. The maximum absolute atomic E-state index is 12.0. The summed E-state index contributed by atoms with van der Waals surface area (Å²) in [6.45, 7) is 2.62. The second-order valence-electron chi connectivity index (χ2n) is 5.45. The van der Waals surface area contributed by atoms with Crippen LogP contribution in [-0.2, 0) is 6.42 Å². The fourth-order valence-corrected chi connectivity index (χ4v) is 2.30. The van der Waals surface area contributed by atoms with E-state index >= 15 is 0 Å². The predicted molar refractivity (Wildman–Crippen MR) is 90.4 cm³/mol. The number of nitrogens with one attached hydrogen (secondary N) is 1. The van der Waals surface area contributed by atoms with E-state index < -0.39 is 0 Å². The minimum absolute atomic E-state index is 0.253. The Hall–Kier alpha value is -1.85. The molecule has 0 radical (unpaired) electrons. The number of hydrogen-bond donors (Lipinski definition) is 2. The monoisotopic (exact) mass is 335 g/mol. The molecule has 0 bridgehead atoms. The molecule has 0 saturated heterocycles. The zero-order chi connectivity index (χ0) is 16.7. The lowest BCUT2D eigenvalue weighted by atomic mass is 10.1. The maximum Gasteiger partial charge on any atom is 0.273 e. The highest BCUT2D eigenvalue weighted by Gasteiger charge is 2.16. The highest BCUT2D eigenvalue weighted by Crippen LogP contribution is 2.16. The summed E-state index contributed by atoms with van der Waals surface area (Å²) in [6.07, 6.45) is 4.95. The summed E-state index contributed by atoms with van der Waals surface area (Å²) in [4.78, 5) is 16.2. The molecule has 2 aromatic rings. The molecule has 2 rings (SSSR count). The Morgan fingerprint density at radius 1 is 1.39 bits per heavy atom. The molecular weight excluding hydrogens is 314 g/mol. The molecular formula is C17H22ClN3O2. The fraction of sp³-hybridized carbons (Fsp3) is 0.412. The number of nitrogens with zero attached hydrogens (tertiary/aromatic N) is 1. The second-order valence-corrected chi connectivity index (χ2v) is 5.89. The molecule has 1 aromatic heterocycles. The molecule has 1 aromatic carbocycles. The summed E-state index contributed by atoms with van der Waals surface area (Å²) in [5, 5.41) is 3.52. The van der Waals surface area contributed by atoms with Crippen LogP contribution in [0.4, 0.5) is 0 Å². The maximum atomic E-state index is 12.0. The molecule has 0 aliphatic carbocycles. The van der Waals surface area contributed by atoms with Crippen molar-refractivity contribution in [3.05, 3.63) is 52.7 Å². The van der Waals surface area contributed by atoms with E-state index in [9.17, 15) is 4.79 Å². The van der Waals surface area contributed by atoms with E-state index in [2.05, 4.69) is 17.2 Å². The van der Waals surface area contributed by atoms with Gasteiger partial charge in [-0.05, 0) is 30.5 Å². The van der Waals surface area contributed by atoms with Crippen molar-refractivity contribution in [1.29, 1.82) is 0 Å². The number of carbonyl (C=O) groups is 1. The smallest absolute Gasteiger partial charge is 0.273 e. The highest BCUT2D eigenvalue weighted by atomic mass is 35.5. The molecule has 5 nitrogen and oxygen atoms in total. The lowest BCUT2D eigenvalue weighted by Crippen LogP contribution is -2.26. The third-order valence-electron chi connectivity index (χ3n) is 3.55. The zero-order valence-electron chi connectivity index (χ0n) is 13.2. The number of halogens is 1. The Labute approximate surface area is 141 Å². The molecule has 124 valence electrons. The van der Waals surface area contributed by atoms with Gasteiger partial charge in [-0.2, -0.15) is 0 Å². The van der Waals surface area contributed by atoms with Crippen molar-refractivity contribution < 1.29 is 9.21 Å². The number of aromatic nitrogens is 1. The molecule has 1 amide bonds. The van der Waals surface area contributed by atoms with E-state index in [-0.39, 0.29) is 17.6 Å². The van der Waals surface area contributed by atoms with Crippen LogP contribution in [0, 0.1) is 0 Å². The van der Waals surface area contributed by atoms with Gasteiger partial charge in [-0.3, -0.25) is 4.79 Å². The van der Waals surface area contributed by atoms with Gasteiger partial charge in [-0.1, -0.05) is 43.5 Å². The normalized spacial score (nSPS) is 12.1. The number of oxazole rings is 1. The molecule has 1 unspecified atom stereocenters. The molecule has 1 heterocycles. The first-order valence-electron chi connectivity index (χ1n) is 7.83. The van der Waals surface area contributed by atoms with Crippen LogP contribution in [0.5, 0.6) is 0 Å². The van der Waals surface area contributed by atoms with Gasteiger partial charge in [0.15, 0.2) is 5.69 Å². The van der Waals surface area contributed by atoms with Gasteiger partial charge in [0.25, 0.3) is 5.91 Å². The van der Waals surface area contributed by atoms with Crippen LogP contribution < -0.4 is 11.1 Å². The molecule has 1 atom stereocenters. The summed E-state index contributed by atoms with van der Waals surface area (Å²) in [6, 6.07) is 7.29. The Bertz CT molecular complexity index is 625. The minimum atomic E-state index is -0.259. The predicted octanol–water partition coefficient (Wildman–Crippen LogP) is 3.49. The van der Waals surface area contributed by atoms with E-state index in [1.54, 1.807) is 0 Å². The SMILES string of the molecule is CCCCC(N)c1nc(C(=O)NCCc2ccc(Cl)cc2)co1. The van der Waals surface area contributed by atoms with Gasteiger partial charge < -0.3 is 15.5 Å². The first-order chi connectivity index (χ1) is 11.1. The van der Waals surface area contributed by atoms with Gasteiger partial charge in [-0.15, -0.1) is 0 Å². The van der Waals surface area contributed by atoms with Crippen LogP contribution in [0.3, 0.4) is 0 Å². The highest BCUT2D eigenvalue weighted by molar-refractivity contribution is 6.30. The molecule has 0 aliphatic heterocycles. The average Bonchev–Trinajstić information content (AvgIpc) is 3.04. The van der Waals surface area contributed by atoms with Crippen LogP contribution in [0.1, 0.15) is 54.2 Å². The van der Waals surface area contributed by atoms with Gasteiger partial charge in [0.2, 0.25) is 5.89 Å². The molecule has 6 heteroatoms. The van der Waals surface area contributed by atoms with E-state index in [4.69, 9.17) is 21.8 Å². The summed E-state index contributed by atoms with van der Waals surface area (Å²) in [7, 11) is 0. The molecule has 0 spiro atoms. The van der Waals surface area contributed by atoms with Crippen LogP contribution in [0.25, 0.3) is 0 Å². The standard InChI is InChI=1S/C17H22ClN3O2/c1-2-3-4-14(19)17-21-15(11-23-17)16(22)20-10-9-12-5-7-13(18)8-6-12/h5-8,11,14H,2-4,9-10,19H2,1H3,(H,20,22). The van der Waals surface area contributed by atoms with Gasteiger partial charge in [0, 0.05) is 11.6 Å². The number of unbranched alkanes of at least 4 members (excludes halogenated alkanes) is 1. The number of benzene rings is 1. The fourth-order valence-electron chi connectivity index (χ4n) is 2.17. The van der Waals surface area contributed by atoms with Crippen molar-refractivity contribution >= 4 is 17.5 Å². The Morgan fingerprint density at radius 2 is 2.13 bits per heavy atom. The summed E-state index contributed by atoms with van der Waals surface area (Å²) in [5.41, 5.74) is 7.36. The Balaban J connectivity index is 1.81. The van der Waals surface area contributed by atoms with E-state index in [1.807, 2.05) is 24.3 Å². The number of carbonyl (C=O) groups excluding carboxylic acids is 1. The lowest BCUT2D eigenvalue weighted by molar-refractivity contribution is 0.0949. The minimum Gasteiger partial charge on any atom is -0.446 e. The van der Waals surface area contributed by atoms with Crippen molar-refractivity contribution in [2.24, 2.45) is 5.73 Å². The topological polar surface area (TPSA) is 81.1 Å². The number of amides is 1. The first-order valence-corrected chi connectivity index (χ1v) is 8.21. The van der Waals surface area contributed by atoms with Crippen molar-refractivity contribution in [2.75, 3.05) is 6.54 Å². The lowest BCUT2D eigenvalue weighted by Gasteiger charge is -2.05. The molecule has 0 fully saturated rings. The van der Waals surface area contributed by atoms with Gasteiger partial charge in [0.1, 0.15) is 6.26 Å². The van der Waals surface area contributed by atoms with Crippen LogP contribution in [0.2, 0.25) is 5.02 Å². The zero-order valence-corrected chi connectivity index (χ0v) is 14.0. The Kier molecular flexibility index (Phi) is 6.62. The van der Waals surface area contributed by atoms with Crippen molar-refractivity contribution in [2.45, 2.75) is 38.6 Å². The third kappa shape index (κ3) is 5.37. The summed E-state index contributed by atoms with van der Waals surface area (Å²) in [5.74, 6) is 0.165. The summed E-state index contributed by atoms with van der Waals surface area (Å²) < 4.78 is 5.31. The number of hydrogen-bond acceptors (Lipinski definition) is 4. The van der Waals surface area contributed by atoms with Crippen molar-refractivity contribution in [1.82, 2.24) is 10.3 Å². The number of nitrogens with two attached hydrogens (primary N) is 1. The molecule has 3 N–H and O–H groups in total. The van der Waals surface area contributed by atoms with E-state index in [1.165, 1.54) is 6.26 Å². The summed E-state index contributed by atoms with van der Waals surface area (Å²) >= 11 is 5.84.